The molecule has 18 heavy (non-hydrogen) atoms. The van der Waals surface area contributed by atoms with Crippen molar-refractivity contribution in [1.29, 1.82) is 0 Å². The van der Waals surface area contributed by atoms with Gasteiger partial charge in [0.25, 0.3) is 0 Å². The highest BCUT2D eigenvalue weighted by atomic mass is 32.1. The van der Waals surface area contributed by atoms with E-state index in [9.17, 15) is 0 Å². The summed E-state index contributed by atoms with van der Waals surface area (Å²) in [6, 6.07) is 0. The van der Waals surface area contributed by atoms with Gasteiger partial charge in [0.1, 0.15) is 0 Å². The molecule has 4 heteroatoms. The molecule has 0 spiro atoms. The fourth-order valence-corrected chi connectivity index (χ4v) is 2.81. The van der Waals surface area contributed by atoms with Crippen LogP contribution in [0.3, 0.4) is 0 Å². The Balaban J connectivity index is 2.59. The van der Waals surface area contributed by atoms with Gasteiger partial charge in [-0.3, -0.25) is 0 Å². The van der Waals surface area contributed by atoms with Gasteiger partial charge in [0.05, 0.1) is 0 Å². The van der Waals surface area contributed by atoms with Crippen LogP contribution < -0.4 is 10.2 Å². The number of hydrogen-bond acceptors (Lipinski definition) is 4. The zero-order chi connectivity index (χ0) is 13.4. The lowest BCUT2D eigenvalue weighted by Gasteiger charge is -2.16. The van der Waals surface area contributed by atoms with Gasteiger partial charge in [0, 0.05) is 30.7 Å². The summed E-state index contributed by atoms with van der Waals surface area (Å²) in [6.07, 6.45) is 5.38. The van der Waals surface area contributed by atoms with Crippen molar-refractivity contribution in [1.82, 2.24) is 10.3 Å². The van der Waals surface area contributed by atoms with Gasteiger partial charge in [-0.25, -0.2) is 4.98 Å². The Labute approximate surface area is 115 Å². The van der Waals surface area contributed by atoms with Gasteiger partial charge in [-0.2, -0.15) is 0 Å². The maximum Gasteiger partial charge on any atom is 0.185 e. The number of thiazole rings is 1. The molecule has 0 radical (unpaired) electrons. The summed E-state index contributed by atoms with van der Waals surface area (Å²) in [5, 5.41) is 4.54. The topological polar surface area (TPSA) is 28.2 Å². The minimum atomic E-state index is 0.965. The Kier molecular flexibility index (Phi) is 6.98. The molecular formula is C14H25N3S. The van der Waals surface area contributed by atoms with Crippen LogP contribution in [0.15, 0.2) is 11.8 Å². The second kappa shape index (κ2) is 8.27. The van der Waals surface area contributed by atoms with E-state index in [0.29, 0.717) is 0 Å². The van der Waals surface area contributed by atoms with E-state index in [4.69, 9.17) is 0 Å². The summed E-state index contributed by atoms with van der Waals surface area (Å²) >= 11 is 1.77. The van der Waals surface area contributed by atoms with Gasteiger partial charge < -0.3 is 10.2 Å². The van der Waals surface area contributed by atoms with Crippen molar-refractivity contribution in [2.24, 2.45) is 0 Å². The van der Waals surface area contributed by atoms with Gasteiger partial charge in [-0.05, 0) is 39.8 Å². The van der Waals surface area contributed by atoms with Crippen LogP contribution in [-0.4, -0.2) is 31.2 Å². The first-order chi connectivity index (χ1) is 8.71. The van der Waals surface area contributed by atoms with E-state index in [2.05, 4.69) is 49.0 Å². The van der Waals surface area contributed by atoms with Crippen molar-refractivity contribution in [2.75, 3.05) is 31.1 Å². The van der Waals surface area contributed by atoms with Gasteiger partial charge in [-0.15, -0.1) is 0 Å². The Hall–Kier alpha value is -0.870. The molecule has 0 aliphatic carbocycles. The maximum atomic E-state index is 4.49. The van der Waals surface area contributed by atoms with E-state index in [0.717, 1.165) is 31.3 Å². The van der Waals surface area contributed by atoms with Crippen LogP contribution in [-0.2, 0) is 0 Å². The molecule has 102 valence electrons. The molecule has 0 unspecified atom stereocenters. The van der Waals surface area contributed by atoms with Crippen LogP contribution in [0.4, 0.5) is 5.13 Å². The lowest BCUT2D eigenvalue weighted by atomic mass is 10.2. The largest absolute Gasteiger partial charge is 0.349 e. The lowest BCUT2D eigenvalue weighted by molar-refractivity contribution is 0.715. The summed E-state index contributed by atoms with van der Waals surface area (Å²) in [4.78, 5) is 8.01. The summed E-state index contributed by atoms with van der Waals surface area (Å²) in [5.41, 5.74) is 1.36. The van der Waals surface area contributed by atoms with E-state index < -0.39 is 0 Å². The van der Waals surface area contributed by atoms with Crippen molar-refractivity contribution < 1.29 is 0 Å². The number of nitrogens with zero attached hydrogens (tertiary/aromatic N) is 2. The van der Waals surface area contributed by atoms with Crippen molar-refractivity contribution in [2.45, 2.75) is 34.1 Å². The Morgan fingerprint density at radius 2 is 2.11 bits per heavy atom. The average Bonchev–Trinajstić information content (AvgIpc) is 2.79. The quantitative estimate of drug-likeness (QED) is 0.732. The second-order valence-corrected chi connectivity index (χ2v) is 5.43. The molecule has 3 nitrogen and oxygen atoms in total. The molecule has 0 saturated heterocycles. The van der Waals surface area contributed by atoms with Crippen LogP contribution in [0.5, 0.6) is 0 Å². The Morgan fingerprint density at radius 1 is 1.39 bits per heavy atom. The fourth-order valence-electron chi connectivity index (χ4n) is 1.74. The molecule has 0 aliphatic heterocycles. The SMILES string of the molecule is CCCNCC(C)=Cc1cnc(N(CC)CC)s1. The molecule has 0 aromatic carbocycles. The second-order valence-electron chi connectivity index (χ2n) is 4.38. The molecule has 0 amide bonds. The summed E-state index contributed by atoms with van der Waals surface area (Å²) in [6.45, 7) is 12.8. The standard InChI is InChI=1S/C14H25N3S/c1-5-8-15-10-12(4)9-13-11-16-14(18-13)17(6-2)7-3/h9,11,15H,5-8,10H2,1-4H3. The lowest BCUT2D eigenvalue weighted by Crippen LogP contribution is -2.21. The smallest absolute Gasteiger partial charge is 0.185 e. The molecule has 0 bridgehead atoms. The van der Waals surface area contributed by atoms with Crippen molar-refractivity contribution in [3.63, 3.8) is 0 Å². The molecule has 1 aromatic rings. The van der Waals surface area contributed by atoms with Crippen LogP contribution in [0.2, 0.25) is 0 Å². The molecule has 0 aliphatic rings. The van der Waals surface area contributed by atoms with E-state index in [1.165, 1.54) is 16.9 Å². The molecule has 0 saturated carbocycles. The summed E-state index contributed by atoms with van der Waals surface area (Å²) < 4.78 is 0. The van der Waals surface area contributed by atoms with Crippen LogP contribution in [0, 0.1) is 0 Å². The first-order valence-electron chi connectivity index (χ1n) is 6.79. The third-order valence-electron chi connectivity index (χ3n) is 2.76. The van der Waals surface area contributed by atoms with E-state index in [1.807, 2.05) is 6.20 Å². The Morgan fingerprint density at radius 3 is 2.72 bits per heavy atom. The van der Waals surface area contributed by atoms with Crippen LogP contribution >= 0.6 is 11.3 Å². The molecule has 1 rings (SSSR count). The van der Waals surface area contributed by atoms with Gasteiger partial charge in [0.2, 0.25) is 0 Å². The van der Waals surface area contributed by atoms with Crippen molar-refractivity contribution in [3.05, 3.63) is 16.6 Å². The van der Waals surface area contributed by atoms with Gasteiger partial charge in [-0.1, -0.05) is 23.8 Å². The van der Waals surface area contributed by atoms with Crippen molar-refractivity contribution >= 4 is 22.5 Å². The number of aromatic nitrogens is 1. The highest BCUT2D eigenvalue weighted by Crippen LogP contribution is 2.23. The van der Waals surface area contributed by atoms with Gasteiger partial charge in [0.15, 0.2) is 5.13 Å². The maximum absolute atomic E-state index is 4.49. The normalized spacial score (nSPS) is 11.9. The molecule has 0 atom stereocenters. The minimum Gasteiger partial charge on any atom is -0.349 e. The summed E-state index contributed by atoms with van der Waals surface area (Å²) in [5.74, 6) is 0. The van der Waals surface area contributed by atoms with E-state index >= 15 is 0 Å². The summed E-state index contributed by atoms with van der Waals surface area (Å²) in [7, 11) is 0. The zero-order valence-electron chi connectivity index (χ0n) is 12.0. The predicted octanol–water partition coefficient (Wildman–Crippen LogP) is 3.39. The van der Waals surface area contributed by atoms with E-state index in [-0.39, 0.29) is 0 Å². The first-order valence-corrected chi connectivity index (χ1v) is 7.61. The average molecular weight is 267 g/mol. The predicted molar refractivity (Wildman–Crippen MR) is 82.5 cm³/mol. The molecule has 1 heterocycles. The Bertz CT molecular complexity index is 367. The molecule has 1 aromatic heterocycles. The third kappa shape index (κ3) is 4.78. The highest BCUT2D eigenvalue weighted by molar-refractivity contribution is 7.16. The fraction of sp³-hybridized carbons (Fsp3) is 0.643. The zero-order valence-corrected chi connectivity index (χ0v) is 12.8. The molecule has 1 N–H and O–H groups in total. The number of nitrogens with one attached hydrogen (secondary N) is 1. The monoisotopic (exact) mass is 267 g/mol. The first kappa shape index (κ1) is 15.2. The number of hydrogen-bond donors (Lipinski definition) is 1. The van der Waals surface area contributed by atoms with Gasteiger partial charge >= 0.3 is 0 Å². The van der Waals surface area contributed by atoms with Crippen LogP contribution in [0.25, 0.3) is 6.08 Å². The number of anilines is 1. The highest BCUT2D eigenvalue weighted by Gasteiger charge is 2.06. The van der Waals surface area contributed by atoms with E-state index in [1.54, 1.807) is 11.3 Å². The third-order valence-corrected chi connectivity index (χ3v) is 3.77. The number of rotatable bonds is 8. The molecular weight excluding hydrogens is 242 g/mol. The van der Waals surface area contributed by atoms with Crippen LogP contribution in [0.1, 0.15) is 39.0 Å². The molecule has 0 fully saturated rings. The minimum absolute atomic E-state index is 0.965. The van der Waals surface area contributed by atoms with Crippen molar-refractivity contribution in [3.8, 4) is 0 Å².